The summed E-state index contributed by atoms with van der Waals surface area (Å²) in [6.45, 7) is 7.16. The molecule has 4 heteroatoms. The van der Waals surface area contributed by atoms with Gasteiger partial charge in [-0.3, -0.25) is 0 Å². The van der Waals surface area contributed by atoms with E-state index in [4.69, 9.17) is 14.2 Å². The van der Waals surface area contributed by atoms with E-state index < -0.39 is 0 Å². The van der Waals surface area contributed by atoms with Crippen LogP contribution in [0.15, 0.2) is 12.1 Å². The van der Waals surface area contributed by atoms with Crippen molar-refractivity contribution in [2.45, 2.75) is 64.3 Å². The molecule has 2 aliphatic heterocycles. The molecule has 0 aliphatic carbocycles. The lowest BCUT2D eigenvalue weighted by Crippen LogP contribution is -2.43. The minimum absolute atomic E-state index is 0.326. The van der Waals surface area contributed by atoms with Gasteiger partial charge in [0.25, 0.3) is 0 Å². The lowest BCUT2D eigenvalue weighted by molar-refractivity contribution is -0.0442. The molecule has 1 fully saturated rings. The number of hydrogen-bond acceptors (Lipinski definition) is 4. The Morgan fingerprint density at radius 2 is 1.91 bits per heavy atom. The van der Waals surface area contributed by atoms with Gasteiger partial charge >= 0.3 is 0 Å². The predicted octanol–water partition coefficient (Wildman–Crippen LogP) is 3.37. The third-order valence-electron chi connectivity index (χ3n) is 4.61. The minimum Gasteiger partial charge on any atom is -0.493 e. The molecule has 2 heterocycles. The minimum atomic E-state index is 0.326. The fraction of sp³-hybridized carbons (Fsp3) is 0.667. The van der Waals surface area contributed by atoms with Crippen LogP contribution in [0.1, 0.15) is 50.3 Å². The van der Waals surface area contributed by atoms with Crippen LogP contribution in [-0.2, 0) is 4.74 Å². The van der Waals surface area contributed by atoms with Gasteiger partial charge in [-0.1, -0.05) is 6.07 Å². The summed E-state index contributed by atoms with van der Waals surface area (Å²) in [6, 6.07) is 5.10. The maximum absolute atomic E-state index is 5.87. The first-order valence-electron chi connectivity index (χ1n) is 8.29. The summed E-state index contributed by atoms with van der Waals surface area (Å²) in [5.74, 6) is 1.75. The van der Waals surface area contributed by atoms with Crippen molar-refractivity contribution in [3.05, 3.63) is 23.3 Å². The molecule has 1 unspecified atom stereocenters. The zero-order chi connectivity index (χ0) is 15.7. The molecular formula is C18H27NO3. The number of nitrogens with one attached hydrogen (secondary N) is 1. The third kappa shape index (κ3) is 3.23. The zero-order valence-corrected chi connectivity index (χ0v) is 14.0. The third-order valence-corrected chi connectivity index (χ3v) is 4.61. The van der Waals surface area contributed by atoms with Crippen LogP contribution < -0.4 is 14.8 Å². The van der Waals surface area contributed by atoms with Crippen molar-refractivity contribution >= 4 is 0 Å². The molecule has 1 aromatic rings. The highest BCUT2D eigenvalue weighted by Gasteiger charge is 2.30. The number of hydrogen-bond donors (Lipinski definition) is 1. The lowest BCUT2D eigenvalue weighted by atomic mass is 9.94. The standard InChI is InChI=1S/C18H27NO3/c1-11-7-15-16(5-6-21-18(15)17(8-11)20-4)19-14-9-12(2)22-13(3)10-14/h7-8,12-14,16,19H,5-6,9-10H2,1-4H3/t12-,13+,14?,16-/m1/s1. The highest BCUT2D eigenvalue weighted by Crippen LogP contribution is 2.41. The first-order chi connectivity index (χ1) is 10.6. The highest BCUT2D eigenvalue weighted by molar-refractivity contribution is 5.51. The molecule has 0 saturated carbocycles. The van der Waals surface area contributed by atoms with Crippen molar-refractivity contribution in [3.63, 3.8) is 0 Å². The monoisotopic (exact) mass is 305 g/mol. The van der Waals surface area contributed by atoms with Crippen molar-refractivity contribution < 1.29 is 14.2 Å². The van der Waals surface area contributed by atoms with E-state index in [-0.39, 0.29) is 0 Å². The van der Waals surface area contributed by atoms with Crippen LogP contribution >= 0.6 is 0 Å². The average Bonchev–Trinajstić information content (AvgIpc) is 2.46. The van der Waals surface area contributed by atoms with Gasteiger partial charge in [-0.05, 0) is 45.2 Å². The number of benzene rings is 1. The molecule has 3 rings (SSSR count). The van der Waals surface area contributed by atoms with Gasteiger partial charge in [0.2, 0.25) is 0 Å². The Kier molecular flexibility index (Phi) is 4.59. The number of fused-ring (bicyclic) bond motifs is 1. The fourth-order valence-corrected chi connectivity index (χ4v) is 3.77. The molecule has 0 bridgehead atoms. The van der Waals surface area contributed by atoms with Gasteiger partial charge in [-0.2, -0.15) is 0 Å². The molecule has 4 nitrogen and oxygen atoms in total. The fourth-order valence-electron chi connectivity index (χ4n) is 3.77. The van der Waals surface area contributed by atoms with Gasteiger partial charge < -0.3 is 19.5 Å². The van der Waals surface area contributed by atoms with Gasteiger partial charge in [-0.25, -0.2) is 0 Å². The van der Waals surface area contributed by atoms with Gasteiger partial charge in [-0.15, -0.1) is 0 Å². The smallest absolute Gasteiger partial charge is 0.165 e. The quantitative estimate of drug-likeness (QED) is 0.929. The van der Waals surface area contributed by atoms with Crippen molar-refractivity contribution in [2.75, 3.05) is 13.7 Å². The van der Waals surface area contributed by atoms with Gasteiger partial charge in [0.05, 0.1) is 25.9 Å². The number of ether oxygens (including phenoxy) is 3. The molecule has 0 amide bonds. The van der Waals surface area contributed by atoms with E-state index in [0.29, 0.717) is 24.3 Å². The van der Waals surface area contributed by atoms with Gasteiger partial charge in [0.15, 0.2) is 11.5 Å². The Morgan fingerprint density at radius 3 is 2.59 bits per heavy atom. The first-order valence-corrected chi connectivity index (χ1v) is 8.29. The summed E-state index contributed by atoms with van der Waals surface area (Å²) in [7, 11) is 1.71. The normalized spacial score (nSPS) is 31.3. The molecule has 0 aromatic heterocycles. The average molecular weight is 305 g/mol. The van der Waals surface area contributed by atoms with Crippen LogP contribution in [0.2, 0.25) is 0 Å². The van der Waals surface area contributed by atoms with E-state index in [2.05, 4.69) is 32.2 Å². The second-order valence-corrected chi connectivity index (χ2v) is 6.67. The second kappa shape index (κ2) is 6.47. The van der Waals surface area contributed by atoms with Crippen LogP contribution in [0.3, 0.4) is 0 Å². The molecule has 1 N–H and O–H groups in total. The molecule has 0 radical (unpaired) electrons. The molecular weight excluding hydrogens is 278 g/mol. The number of aryl methyl sites for hydroxylation is 1. The summed E-state index contributed by atoms with van der Waals surface area (Å²) < 4.78 is 17.2. The van der Waals surface area contributed by atoms with Crippen LogP contribution in [0.25, 0.3) is 0 Å². The summed E-state index contributed by atoms with van der Waals surface area (Å²) in [5.41, 5.74) is 2.44. The van der Waals surface area contributed by atoms with Crippen LogP contribution in [0.4, 0.5) is 0 Å². The van der Waals surface area contributed by atoms with Crippen molar-refractivity contribution in [3.8, 4) is 11.5 Å². The van der Waals surface area contributed by atoms with Crippen LogP contribution in [0.5, 0.6) is 11.5 Å². The Morgan fingerprint density at radius 1 is 1.18 bits per heavy atom. The Balaban J connectivity index is 1.81. The maximum atomic E-state index is 5.87. The number of methoxy groups -OCH3 is 1. The summed E-state index contributed by atoms with van der Waals surface area (Å²) in [5, 5.41) is 3.84. The second-order valence-electron chi connectivity index (χ2n) is 6.67. The summed E-state index contributed by atoms with van der Waals surface area (Å²) in [4.78, 5) is 0. The summed E-state index contributed by atoms with van der Waals surface area (Å²) >= 11 is 0. The zero-order valence-electron chi connectivity index (χ0n) is 14.0. The van der Waals surface area contributed by atoms with E-state index in [1.165, 1.54) is 11.1 Å². The number of rotatable bonds is 3. The Labute approximate surface area is 133 Å². The SMILES string of the molecule is COc1cc(C)cc2c1OCC[C@H]2NC1C[C@@H](C)O[C@@H](C)C1. The van der Waals surface area contributed by atoms with E-state index in [1.807, 2.05) is 6.07 Å². The Bertz CT molecular complexity index is 521. The molecule has 4 atom stereocenters. The molecule has 0 spiro atoms. The Hall–Kier alpha value is -1.26. The topological polar surface area (TPSA) is 39.7 Å². The van der Waals surface area contributed by atoms with Crippen LogP contribution in [0, 0.1) is 6.92 Å². The molecule has 2 aliphatic rings. The molecule has 1 aromatic carbocycles. The molecule has 22 heavy (non-hydrogen) atoms. The van der Waals surface area contributed by atoms with Crippen molar-refractivity contribution in [2.24, 2.45) is 0 Å². The predicted molar refractivity (Wildman–Crippen MR) is 86.8 cm³/mol. The first kappa shape index (κ1) is 15.6. The van der Waals surface area contributed by atoms with E-state index in [0.717, 1.165) is 37.4 Å². The molecule has 122 valence electrons. The largest absolute Gasteiger partial charge is 0.493 e. The van der Waals surface area contributed by atoms with Gasteiger partial charge in [0.1, 0.15) is 0 Å². The lowest BCUT2D eigenvalue weighted by Gasteiger charge is -2.37. The highest BCUT2D eigenvalue weighted by atomic mass is 16.5. The van der Waals surface area contributed by atoms with Gasteiger partial charge in [0, 0.05) is 24.1 Å². The summed E-state index contributed by atoms with van der Waals surface area (Å²) in [6.07, 6.45) is 3.79. The van der Waals surface area contributed by atoms with Crippen molar-refractivity contribution in [1.82, 2.24) is 5.32 Å². The van der Waals surface area contributed by atoms with Crippen LogP contribution in [-0.4, -0.2) is 32.0 Å². The van der Waals surface area contributed by atoms with E-state index in [1.54, 1.807) is 7.11 Å². The van der Waals surface area contributed by atoms with E-state index in [9.17, 15) is 0 Å². The van der Waals surface area contributed by atoms with Crippen molar-refractivity contribution in [1.29, 1.82) is 0 Å². The maximum Gasteiger partial charge on any atom is 0.165 e. The molecule has 1 saturated heterocycles. The van der Waals surface area contributed by atoms with E-state index >= 15 is 0 Å².